The van der Waals surface area contributed by atoms with Crippen LogP contribution in [-0.2, 0) is 14.8 Å². The number of amides is 1. The van der Waals surface area contributed by atoms with Gasteiger partial charge in [-0.05, 0) is 55.9 Å². The maximum Gasteiger partial charge on any atom is 0.240 e. The number of fused-ring (bicyclic) bond motifs is 1. The zero-order chi connectivity index (χ0) is 21.0. The van der Waals surface area contributed by atoms with Crippen LogP contribution in [-0.4, -0.2) is 25.9 Å². The standard InChI is InChI=1S/C23H25N3O3S/c27-23(26-20-14-19-6-4-5-9-22(19)24-16-20)18-12-10-17(11-13-18)15-25-30(28,29)21-7-2-1-3-8-21/h1-9,14,16-18,25H,10-13,15H2,(H,26,27). The molecule has 6 nitrogen and oxygen atoms in total. The van der Waals surface area contributed by atoms with Crippen LogP contribution in [0.2, 0.25) is 0 Å². The molecule has 0 bridgehead atoms. The van der Waals surface area contributed by atoms with Gasteiger partial charge in [0.05, 0.1) is 22.3 Å². The maximum absolute atomic E-state index is 12.7. The number of rotatable bonds is 6. The summed E-state index contributed by atoms with van der Waals surface area (Å²) in [4.78, 5) is 17.3. The second-order valence-electron chi connectivity index (χ2n) is 7.79. The molecule has 1 aromatic heterocycles. The van der Waals surface area contributed by atoms with E-state index in [1.165, 1.54) is 0 Å². The normalized spacial score (nSPS) is 19.5. The molecule has 1 fully saturated rings. The van der Waals surface area contributed by atoms with Gasteiger partial charge in [0.2, 0.25) is 15.9 Å². The van der Waals surface area contributed by atoms with Crippen LogP contribution in [0, 0.1) is 11.8 Å². The van der Waals surface area contributed by atoms with Crippen molar-refractivity contribution in [3.8, 4) is 0 Å². The zero-order valence-corrected chi connectivity index (χ0v) is 17.4. The highest BCUT2D eigenvalue weighted by molar-refractivity contribution is 7.89. The van der Waals surface area contributed by atoms with Crippen molar-refractivity contribution in [2.45, 2.75) is 30.6 Å². The Morgan fingerprint density at radius 3 is 2.43 bits per heavy atom. The van der Waals surface area contributed by atoms with Crippen LogP contribution in [0.15, 0.2) is 71.8 Å². The Bertz CT molecular complexity index is 1120. The fraction of sp³-hybridized carbons (Fsp3) is 0.304. The van der Waals surface area contributed by atoms with E-state index in [0.29, 0.717) is 12.2 Å². The largest absolute Gasteiger partial charge is 0.324 e. The summed E-state index contributed by atoms with van der Waals surface area (Å²) in [6.45, 7) is 0.403. The van der Waals surface area contributed by atoms with Gasteiger partial charge in [0, 0.05) is 17.8 Å². The van der Waals surface area contributed by atoms with Crippen LogP contribution in [0.25, 0.3) is 10.9 Å². The third-order valence-corrected chi connectivity index (χ3v) is 7.13. The lowest BCUT2D eigenvalue weighted by atomic mass is 9.81. The van der Waals surface area contributed by atoms with Gasteiger partial charge in [0.15, 0.2) is 0 Å². The number of benzene rings is 2. The van der Waals surface area contributed by atoms with Crippen molar-refractivity contribution in [2.75, 3.05) is 11.9 Å². The minimum atomic E-state index is -3.48. The van der Waals surface area contributed by atoms with E-state index in [4.69, 9.17) is 0 Å². The summed E-state index contributed by atoms with van der Waals surface area (Å²) in [6, 6.07) is 18.1. The van der Waals surface area contributed by atoms with Crippen molar-refractivity contribution in [1.29, 1.82) is 0 Å². The average molecular weight is 424 g/mol. The van der Waals surface area contributed by atoms with Gasteiger partial charge in [-0.25, -0.2) is 13.1 Å². The number of nitrogens with one attached hydrogen (secondary N) is 2. The Morgan fingerprint density at radius 1 is 0.967 bits per heavy atom. The minimum Gasteiger partial charge on any atom is -0.324 e. The van der Waals surface area contributed by atoms with E-state index in [9.17, 15) is 13.2 Å². The molecule has 4 rings (SSSR count). The second kappa shape index (κ2) is 8.93. The molecule has 1 heterocycles. The Morgan fingerprint density at radius 2 is 1.67 bits per heavy atom. The van der Waals surface area contributed by atoms with Crippen molar-refractivity contribution >= 4 is 32.5 Å². The smallest absolute Gasteiger partial charge is 0.240 e. The fourth-order valence-electron chi connectivity index (χ4n) is 3.92. The van der Waals surface area contributed by atoms with Crippen LogP contribution in [0.4, 0.5) is 5.69 Å². The zero-order valence-electron chi connectivity index (χ0n) is 16.6. The van der Waals surface area contributed by atoms with Crippen LogP contribution in [0.1, 0.15) is 25.7 Å². The number of pyridine rings is 1. The molecule has 0 unspecified atom stereocenters. The molecule has 1 aliphatic carbocycles. The van der Waals surface area contributed by atoms with E-state index in [1.54, 1.807) is 36.5 Å². The highest BCUT2D eigenvalue weighted by Crippen LogP contribution is 2.30. The summed E-state index contributed by atoms with van der Waals surface area (Å²) in [5.74, 6) is 0.198. The van der Waals surface area contributed by atoms with Crippen LogP contribution < -0.4 is 10.0 Å². The van der Waals surface area contributed by atoms with Crippen molar-refractivity contribution < 1.29 is 13.2 Å². The average Bonchev–Trinajstić information content (AvgIpc) is 2.78. The minimum absolute atomic E-state index is 0.00963. The summed E-state index contributed by atoms with van der Waals surface area (Å²) < 4.78 is 27.4. The molecule has 1 amide bonds. The molecule has 1 aliphatic rings. The fourth-order valence-corrected chi connectivity index (χ4v) is 5.06. The van der Waals surface area contributed by atoms with Crippen LogP contribution in [0.3, 0.4) is 0 Å². The molecule has 0 saturated heterocycles. The Balaban J connectivity index is 1.28. The Kier molecular flexibility index (Phi) is 6.11. The summed E-state index contributed by atoms with van der Waals surface area (Å²) >= 11 is 0. The predicted molar refractivity (Wildman–Crippen MR) is 117 cm³/mol. The molecule has 3 aromatic rings. The Hall–Kier alpha value is -2.77. The third-order valence-electron chi connectivity index (χ3n) is 5.69. The van der Waals surface area contributed by atoms with Crippen molar-refractivity contribution in [3.05, 3.63) is 66.9 Å². The molecule has 0 atom stereocenters. The highest BCUT2D eigenvalue weighted by Gasteiger charge is 2.27. The quantitative estimate of drug-likeness (QED) is 0.628. The van der Waals surface area contributed by atoms with Gasteiger partial charge < -0.3 is 5.32 Å². The van der Waals surface area contributed by atoms with E-state index >= 15 is 0 Å². The molecular formula is C23H25N3O3S. The van der Waals surface area contributed by atoms with Gasteiger partial charge in [-0.1, -0.05) is 36.4 Å². The molecule has 0 radical (unpaired) electrons. The molecular weight excluding hydrogens is 398 g/mol. The monoisotopic (exact) mass is 423 g/mol. The van der Waals surface area contributed by atoms with Crippen molar-refractivity contribution in [1.82, 2.24) is 9.71 Å². The first kappa shape index (κ1) is 20.5. The van der Waals surface area contributed by atoms with Crippen molar-refractivity contribution in [2.24, 2.45) is 11.8 Å². The molecule has 2 aromatic carbocycles. The third kappa shape index (κ3) is 4.86. The van der Waals surface area contributed by atoms with Crippen molar-refractivity contribution in [3.63, 3.8) is 0 Å². The van der Waals surface area contributed by atoms with E-state index in [2.05, 4.69) is 15.0 Å². The van der Waals surface area contributed by atoms with E-state index in [0.717, 1.165) is 36.6 Å². The molecule has 0 aliphatic heterocycles. The van der Waals surface area contributed by atoms with Gasteiger partial charge in [-0.15, -0.1) is 0 Å². The summed E-state index contributed by atoms with van der Waals surface area (Å²) in [5, 5.41) is 3.97. The highest BCUT2D eigenvalue weighted by atomic mass is 32.2. The van der Waals surface area contributed by atoms with Gasteiger partial charge in [-0.3, -0.25) is 9.78 Å². The topological polar surface area (TPSA) is 88.2 Å². The number of hydrogen-bond acceptors (Lipinski definition) is 4. The lowest BCUT2D eigenvalue weighted by Crippen LogP contribution is -2.33. The Labute approximate surface area is 176 Å². The maximum atomic E-state index is 12.7. The number of nitrogens with zero attached hydrogens (tertiary/aromatic N) is 1. The number of anilines is 1. The molecule has 1 saturated carbocycles. The number of carbonyl (C=O) groups is 1. The van der Waals surface area contributed by atoms with Crippen LogP contribution in [0.5, 0.6) is 0 Å². The SMILES string of the molecule is O=C(Nc1cnc2ccccc2c1)C1CCC(CNS(=O)(=O)c2ccccc2)CC1. The molecule has 2 N–H and O–H groups in total. The summed E-state index contributed by atoms with van der Waals surface area (Å²) in [5.41, 5.74) is 1.60. The lowest BCUT2D eigenvalue weighted by Gasteiger charge is -2.27. The van der Waals surface area contributed by atoms with Gasteiger partial charge in [0.1, 0.15) is 0 Å². The summed E-state index contributed by atoms with van der Waals surface area (Å²) in [6.07, 6.45) is 4.84. The van der Waals surface area contributed by atoms with Crippen LogP contribution >= 0.6 is 0 Å². The number of hydrogen-bond donors (Lipinski definition) is 2. The number of sulfonamides is 1. The van der Waals surface area contributed by atoms with Gasteiger partial charge >= 0.3 is 0 Å². The first-order valence-corrected chi connectivity index (χ1v) is 11.7. The van der Waals surface area contributed by atoms with Gasteiger partial charge in [0.25, 0.3) is 0 Å². The van der Waals surface area contributed by atoms with E-state index in [-0.39, 0.29) is 22.6 Å². The number of aromatic nitrogens is 1. The predicted octanol–water partition coefficient (Wildman–Crippen LogP) is 3.96. The second-order valence-corrected chi connectivity index (χ2v) is 9.56. The number of para-hydroxylation sites is 1. The summed E-state index contributed by atoms with van der Waals surface area (Å²) in [7, 11) is -3.48. The first-order valence-electron chi connectivity index (χ1n) is 10.2. The molecule has 156 valence electrons. The van der Waals surface area contributed by atoms with Gasteiger partial charge in [-0.2, -0.15) is 0 Å². The lowest BCUT2D eigenvalue weighted by molar-refractivity contribution is -0.121. The first-order chi connectivity index (χ1) is 14.5. The van der Waals surface area contributed by atoms with E-state index < -0.39 is 10.0 Å². The number of carbonyl (C=O) groups excluding carboxylic acids is 1. The molecule has 0 spiro atoms. The molecule has 30 heavy (non-hydrogen) atoms. The molecule has 7 heteroatoms. The van der Waals surface area contributed by atoms with E-state index in [1.807, 2.05) is 30.3 Å².